The van der Waals surface area contributed by atoms with Crippen molar-refractivity contribution in [3.8, 4) is 16.9 Å². The van der Waals surface area contributed by atoms with Crippen molar-refractivity contribution in [3.63, 3.8) is 0 Å². The Hall–Kier alpha value is -1.66. The molecule has 0 spiro atoms. The summed E-state index contributed by atoms with van der Waals surface area (Å²) in [5.41, 5.74) is 2.82. The number of benzene rings is 1. The van der Waals surface area contributed by atoms with E-state index in [1.807, 2.05) is 30.5 Å². The summed E-state index contributed by atoms with van der Waals surface area (Å²) in [4.78, 5) is 20.6. The van der Waals surface area contributed by atoms with Gasteiger partial charge in [-0.3, -0.25) is 4.79 Å². The van der Waals surface area contributed by atoms with E-state index in [9.17, 15) is 4.79 Å². The minimum Gasteiger partial charge on any atom is -0.496 e. The van der Waals surface area contributed by atoms with Gasteiger partial charge in [-0.05, 0) is 19.1 Å². The van der Waals surface area contributed by atoms with Crippen LogP contribution >= 0.6 is 27.3 Å². The minimum absolute atomic E-state index is 0.0965. The first-order chi connectivity index (χ1) is 10.6. The molecule has 0 amide bonds. The lowest BCUT2D eigenvalue weighted by atomic mass is 10.0. The van der Waals surface area contributed by atoms with Crippen LogP contribution in [-0.4, -0.2) is 22.4 Å². The number of aromatic nitrogens is 2. The van der Waals surface area contributed by atoms with Gasteiger partial charge in [0.05, 0.1) is 12.5 Å². The number of halogens is 1. The second-order valence-corrected chi connectivity index (χ2v) is 6.64. The number of nitrogens with one attached hydrogen (secondary N) is 1. The summed E-state index contributed by atoms with van der Waals surface area (Å²) in [6.45, 7) is 2.02. The van der Waals surface area contributed by atoms with Crippen molar-refractivity contribution < 1.29 is 4.74 Å². The number of nitrogens with zero attached hydrogens (tertiary/aromatic N) is 1. The lowest BCUT2D eigenvalue weighted by molar-refractivity contribution is 0.416. The fourth-order valence-corrected chi connectivity index (χ4v) is 3.77. The Kier molecular flexibility index (Phi) is 4.31. The third kappa shape index (κ3) is 2.68. The van der Waals surface area contributed by atoms with Gasteiger partial charge in [0.2, 0.25) is 0 Å². The van der Waals surface area contributed by atoms with E-state index in [-0.39, 0.29) is 5.56 Å². The Bertz CT molecular complexity index is 885. The van der Waals surface area contributed by atoms with Crippen molar-refractivity contribution in [2.24, 2.45) is 0 Å². The largest absolute Gasteiger partial charge is 0.496 e. The number of rotatable bonds is 4. The van der Waals surface area contributed by atoms with Gasteiger partial charge in [-0.25, -0.2) is 4.98 Å². The number of fused-ring (bicyclic) bond motifs is 1. The monoisotopic (exact) mass is 378 g/mol. The van der Waals surface area contributed by atoms with Gasteiger partial charge in [0.1, 0.15) is 16.4 Å². The predicted octanol–water partition coefficient (Wildman–Crippen LogP) is 3.91. The average molecular weight is 379 g/mol. The number of aryl methyl sites for hydroxylation is 2. The molecule has 0 bridgehead atoms. The number of ether oxygens (including phenoxy) is 1. The van der Waals surface area contributed by atoms with Crippen LogP contribution in [0.3, 0.4) is 0 Å². The quantitative estimate of drug-likeness (QED) is 0.700. The summed E-state index contributed by atoms with van der Waals surface area (Å²) in [6, 6.07) is 5.95. The van der Waals surface area contributed by atoms with Gasteiger partial charge in [0, 0.05) is 28.3 Å². The summed E-state index contributed by atoms with van der Waals surface area (Å²) in [7, 11) is 1.64. The number of hydrogen-bond donors (Lipinski definition) is 1. The van der Waals surface area contributed by atoms with Crippen LogP contribution in [0.15, 0.2) is 28.4 Å². The second-order valence-electron chi connectivity index (χ2n) is 4.98. The molecule has 22 heavy (non-hydrogen) atoms. The Balaban J connectivity index is 2.25. The lowest BCUT2D eigenvalue weighted by Gasteiger charge is -2.08. The molecule has 0 saturated heterocycles. The van der Waals surface area contributed by atoms with Gasteiger partial charge in [-0.1, -0.05) is 27.6 Å². The van der Waals surface area contributed by atoms with Crippen molar-refractivity contribution in [1.82, 2.24) is 9.97 Å². The number of alkyl halides is 1. The first-order valence-electron chi connectivity index (χ1n) is 6.85. The van der Waals surface area contributed by atoms with Crippen molar-refractivity contribution in [3.05, 3.63) is 45.3 Å². The normalized spacial score (nSPS) is 11.0. The molecular weight excluding hydrogens is 364 g/mol. The zero-order valence-corrected chi connectivity index (χ0v) is 14.7. The Morgan fingerprint density at radius 2 is 2.18 bits per heavy atom. The molecule has 0 aliphatic carbocycles. The highest BCUT2D eigenvalue weighted by molar-refractivity contribution is 9.09. The van der Waals surface area contributed by atoms with Gasteiger partial charge in [0.25, 0.3) is 5.56 Å². The van der Waals surface area contributed by atoms with Crippen LogP contribution in [0.2, 0.25) is 0 Å². The maximum Gasteiger partial charge on any atom is 0.260 e. The van der Waals surface area contributed by atoms with E-state index in [0.717, 1.165) is 32.6 Å². The van der Waals surface area contributed by atoms with Crippen molar-refractivity contribution >= 4 is 37.5 Å². The summed E-state index contributed by atoms with van der Waals surface area (Å²) >= 11 is 4.85. The summed E-state index contributed by atoms with van der Waals surface area (Å²) < 4.78 is 5.44. The molecular formula is C16H15BrN2O2S. The molecule has 114 valence electrons. The number of thiophene rings is 1. The van der Waals surface area contributed by atoms with Crippen LogP contribution in [0.5, 0.6) is 5.75 Å². The number of aromatic amines is 1. The molecule has 1 aromatic carbocycles. The van der Waals surface area contributed by atoms with Crippen LogP contribution in [0.25, 0.3) is 21.3 Å². The molecule has 6 heteroatoms. The van der Waals surface area contributed by atoms with Gasteiger partial charge >= 0.3 is 0 Å². The van der Waals surface area contributed by atoms with E-state index in [1.165, 1.54) is 11.3 Å². The van der Waals surface area contributed by atoms with Crippen LogP contribution < -0.4 is 10.3 Å². The molecule has 0 radical (unpaired) electrons. The highest BCUT2D eigenvalue weighted by Crippen LogP contribution is 2.37. The molecule has 0 saturated carbocycles. The predicted molar refractivity (Wildman–Crippen MR) is 94.5 cm³/mol. The second kappa shape index (κ2) is 6.22. The molecule has 0 fully saturated rings. The molecule has 1 N–H and O–H groups in total. The fourth-order valence-electron chi connectivity index (χ4n) is 2.43. The smallest absolute Gasteiger partial charge is 0.260 e. The maximum atomic E-state index is 12.5. The number of H-pyrrole nitrogens is 1. The van der Waals surface area contributed by atoms with E-state index >= 15 is 0 Å². The summed E-state index contributed by atoms with van der Waals surface area (Å²) in [5, 5.41) is 3.38. The number of methoxy groups -OCH3 is 1. The van der Waals surface area contributed by atoms with E-state index in [4.69, 9.17) is 4.74 Å². The molecule has 0 atom stereocenters. The minimum atomic E-state index is -0.0965. The zero-order chi connectivity index (χ0) is 15.7. The van der Waals surface area contributed by atoms with Crippen molar-refractivity contribution in [2.75, 3.05) is 12.4 Å². The summed E-state index contributed by atoms with van der Waals surface area (Å²) in [6.07, 6.45) is 0.701. The standard InChI is InChI=1S/C16H15BrN2O2S/c1-9-3-4-12(21-2)10(7-9)11-8-22-16-14(11)15(20)18-13(19-16)5-6-17/h3-4,7-8H,5-6H2,1-2H3,(H,18,19,20). The highest BCUT2D eigenvalue weighted by atomic mass is 79.9. The maximum absolute atomic E-state index is 12.5. The van der Waals surface area contributed by atoms with Gasteiger partial charge in [-0.15, -0.1) is 11.3 Å². The lowest BCUT2D eigenvalue weighted by Crippen LogP contribution is -2.11. The Morgan fingerprint density at radius 3 is 2.91 bits per heavy atom. The molecule has 4 nitrogen and oxygen atoms in total. The first-order valence-corrected chi connectivity index (χ1v) is 8.85. The Morgan fingerprint density at radius 1 is 1.36 bits per heavy atom. The third-order valence-electron chi connectivity index (χ3n) is 3.47. The summed E-state index contributed by atoms with van der Waals surface area (Å²) in [5.74, 6) is 1.47. The van der Waals surface area contributed by atoms with E-state index in [1.54, 1.807) is 7.11 Å². The van der Waals surface area contributed by atoms with Gasteiger partial charge in [0.15, 0.2) is 0 Å². The van der Waals surface area contributed by atoms with Crippen molar-refractivity contribution in [2.45, 2.75) is 13.3 Å². The van der Waals surface area contributed by atoms with E-state index in [0.29, 0.717) is 17.6 Å². The molecule has 2 aromatic heterocycles. The SMILES string of the molecule is COc1ccc(C)cc1-c1csc2nc(CCBr)[nH]c(=O)c12. The zero-order valence-electron chi connectivity index (χ0n) is 12.3. The van der Waals surface area contributed by atoms with Crippen LogP contribution in [-0.2, 0) is 6.42 Å². The van der Waals surface area contributed by atoms with Gasteiger partial charge in [-0.2, -0.15) is 0 Å². The molecule has 0 aliphatic rings. The third-order valence-corrected chi connectivity index (χ3v) is 4.74. The van der Waals surface area contributed by atoms with Crippen molar-refractivity contribution in [1.29, 1.82) is 0 Å². The molecule has 0 unspecified atom stereocenters. The van der Waals surface area contributed by atoms with Gasteiger partial charge < -0.3 is 9.72 Å². The molecule has 2 heterocycles. The van der Waals surface area contributed by atoms with Crippen LogP contribution in [0.1, 0.15) is 11.4 Å². The molecule has 0 aliphatic heterocycles. The topological polar surface area (TPSA) is 55.0 Å². The van der Waals surface area contributed by atoms with E-state index in [2.05, 4.69) is 25.9 Å². The van der Waals surface area contributed by atoms with Crippen LogP contribution in [0.4, 0.5) is 0 Å². The molecule has 3 aromatic rings. The molecule has 3 rings (SSSR count). The Labute approximate surface area is 140 Å². The van der Waals surface area contributed by atoms with E-state index < -0.39 is 0 Å². The first kappa shape index (κ1) is 15.2. The number of hydrogen-bond acceptors (Lipinski definition) is 4. The average Bonchev–Trinajstić information content (AvgIpc) is 2.92. The van der Waals surface area contributed by atoms with Crippen LogP contribution in [0, 0.1) is 6.92 Å². The highest BCUT2D eigenvalue weighted by Gasteiger charge is 2.16. The fraction of sp³-hybridized carbons (Fsp3) is 0.250.